The lowest BCUT2D eigenvalue weighted by molar-refractivity contribution is -0.143. The molecule has 0 fully saturated rings. The van der Waals surface area contributed by atoms with E-state index in [-0.39, 0.29) is 18.3 Å². The first-order valence-electron chi connectivity index (χ1n) is 13.2. The van der Waals surface area contributed by atoms with Crippen LogP contribution in [0.4, 0.5) is 0 Å². The number of benzene rings is 3. The van der Waals surface area contributed by atoms with Crippen molar-refractivity contribution in [2.45, 2.75) is 44.4 Å². The number of allylic oxidation sites excluding steroid dienone is 1. The van der Waals surface area contributed by atoms with Gasteiger partial charge in [-0.15, -0.1) is 11.8 Å². The summed E-state index contributed by atoms with van der Waals surface area (Å²) in [4.78, 5) is 33.6. The predicted molar refractivity (Wildman–Crippen MR) is 170 cm³/mol. The zero-order valence-corrected chi connectivity index (χ0v) is 26.5. The molecule has 0 saturated carbocycles. The monoisotopic (exact) mass is 638 g/mol. The molecule has 0 amide bonds. The van der Waals surface area contributed by atoms with E-state index >= 15 is 0 Å². The van der Waals surface area contributed by atoms with E-state index in [1.807, 2.05) is 60.9 Å². The van der Waals surface area contributed by atoms with Gasteiger partial charge in [-0.25, -0.2) is 9.79 Å². The third-order valence-corrected chi connectivity index (χ3v) is 8.93. The van der Waals surface area contributed by atoms with Gasteiger partial charge in [0.2, 0.25) is 0 Å². The van der Waals surface area contributed by atoms with Crippen molar-refractivity contribution in [2.24, 2.45) is 4.99 Å². The maximum atomic E-state index is 14.0. The number of halogens is 2. The second-order valence-corrected chi connectivity index (χ2v) is 12.6. The third-order valence-electron chi connectivity index (χ3n) is 6.62. The number of para-hydroxylation sites is 1. The molecule has 4 aromatic rings. The number of esters is 1. The van der Waals surface area contributed by atoms with Crippen LogP contribution < -0.4 is 19.6 Å². The third kappa shape index (κ3) is 6.37. The number of hydrogen-bond donors (Lipinski definition) is 0. The minimum absolute atomic E-state index is 0.231. The van der Waals surface area contributed by atoms with Crippen LogP contribution >= 0.6 is 46.3 Å². The van der Waals surface area contributed by atoms with Crippen molar-refractivity contribution in [3.63, 3.8) is 0 Å². The van der Waals surface area contributed by atoms with Crippen LogP contribution in [-0.4, -0.2) is 22.9 Å². The fourth-order valence-electron chi connectivity index (χ4n) is 4.63. The van der Waals surface area contributed by atoms with Gasteiger partial charge in [0.1, 0.15) is 12.4 Å². The molecule has 5 rings (SSSR count). The number of nitrogens with zero attached hydrogens (tertiary/aromatic N) is 2. The summed E-state index contributed by atoms with van der Waals surface area (Å²) in [5.74, 6) is 0.106. The van der Waals surface area contributed by atoms with E-state index in [9.17, 15) is 9.59 Å². The molecule has 1 atom stereocenters. The van der Waals surface area contributed by atoms with Gasteiger partial charge in [-0.3, -0.25) is 9.36 Å². The Bertz CT molecular complexity index is 1860. The second-order valence-electron chi connectivity index (χ2n) is 9.87. The molecule has 0 aliphatic carbocycles. The number of aromatic nitrogens is 1. The summed E-state index contributed by atoms with van der Waals surface area (Å²) in [7, 11) is 0. The van der Waals surface area contributed by atoms with E-state index < -0.39 is 12.0 Å². The lowest BCUT2D eigenvalue weighted by Gasteiger charge is -2.25. The van der Waals surface area contributed by atoms with Gasteiger partial charge in [-0.2, -0.15) is 0 Å². The molecule has 0 unspecified atom stereocenters. The average Bonchev–Trinajstić information content (AvgIpc) is 3.26. The lowest BCUT2D eigenvalue weighted by atomic mass is 9.96. The Labute approximate surface area is 261 Å². The Morgan fingerprint density at radius 2 is 1.86 bits per heavy atom. The first-order valence-corrected chi connectivity index (χ1v) is 16.0. The molecule has 3 aromatic carbocycles. The molecule has 6 nitrogen and oxygen atoms in total. The first kappa shape index (κ1) is 30.2. The molecule has 1 aromatic heterocycles. The van der Waals surface area contributed by atoms with Crippen LogP contribution in [-0.2, 0) is 16.1 Å². The molecule has 1 aliphatic rings. The first-order chi connectivity index (χ1) is 20.2. The van der Waals surface area contributed by atoms with E-state index in [2.05, 4.69) is 4.99 Å². The molecule has 0 spiro atoms. The Kier molecular flexibility index (Phi) is 9.28. The van der Waals surface area contributed by atoms with E-state index in [1.54, 1.807) is 55.3 Å². The second kappa shape index (κ2) is 12.9. The van der Waals surface area contributed by atoms with Gasteiger partial charge in [-0.1, -0.05) is 70.9 Å². The van der Waals surface area contributed by atoms with Crippen molar-refractivity contribution < 1.29 is 14.3 Å². The average molecular weight is 640 g/mol. The Hall–Kier alpha value is -3.30. The number of fused-ring (bicyclic) bond motifs is 1. The van der Waals surface area contributed by atoms with Gasteiger partial charge in [0.15, 0.2) is 4.80 Å². The number of rotatable bonds is 8. The van der Waals surface area contributed by atoms with Gasteiger partial charge < -0.3 is 9.47 Å². The number of ether oxygens (including phenoxy) is 2. The largest absolute Gasteiger partial charge is 0.488 e. The van der Waals surface area contributed by atoms with Gasteiger partial charge in [-0.05, 0) is 69.0 Å². The highest BCUT2D eigenvalue weighted by molar-refractivity contribution is 7.98. The van der Waals surface area contributed by atoms with E-state index in [4.69, 9.17) is 32.7 Å². The minimum atomic E-state index is -0.677. The topological polar surface area (TPSA) is 69.9 Å². The summed E-state index contributed by atoms with van der Waals surface area (Å²) in [6.07, 6.45) is 3.47. The van der Waals surface area contributed by atoms with E-state index in [1.165, 1.54) is 11.3 Å². The molecular formula is C32H28Cl2N2O4S2. The van der Waals surface area contributed by atoms with Crippen LogP contribution in [0.5, 0.6) is 5.75 Å². The van der Waals surface area contributed by atoms with Crippen LogP contribution in [0, 0.1) is 0 Å². The SMILES string of the molecule is CSc1ccc([C@@H]2C(C(=O)OC(C)C)=C(C)N=c3s/c(=C/c4ccccc4OCc4ccc(Cl)cc4Cl)c(=O)n32)cc1. The van der Waals surface area contributed by atoms with Crippen molar-refractivity contribution in [3.05, 3.63) is 124 Å². The fourth-order valence-corrected chi connectivity index (χ4v) is 6.54. The van der Waals surface area contributed by atoms with Crippen LogP contribution in [0.25, 0.3) is 6.08 Å². The molecule has 0 saturated heterocycles. The number of hydrogen-bond acceptors (Lipinski definition) is 7. The van der Waals surface area contributed by atoms with Crippen LogP contribution in [0.1, 0.15) is 43.5 Å². The molecule has 2 heterocycles. The molecule has 0 bridgehead atoms. The highest BCUT2D eigenvalue weighted by Gasteiger charge is 2.33. The van der Waals surface area contributed by atoms with Crippen molar-refractivity contribution in [1.29, 1.82) is 0 Å². The Balaban J connectivity index is 1.59. The standard InChI is InChI=1S/C32H28Cl2N2O4S2/c1-18(2)40-31(38)28-19(3)35-32-36(29(28)20-10-13-24(41-4)14-11-20)30(37)27(42-32)15-21-7-5-6-8-26(21)39-17-22-9-12-23(33)16-25(22)34/h5-16,18,29H,17H2,1-4H3/b27-15+/t29-/m1/s1. The highest BCUT2D eigenvalue weighted by atomic mass is 35.5. The van der Waals surface area contributed by atoms with E-state index in [0.717, 1.165) is 21.6 Å². The maximum absolute atomic E-state index is 14.0. The zero-order valence-electron chi connectivity index (χ0n) is 23.4. The van der Waals surface area contributed by atoms with Crippen molar-refractivity contribution >= 4 is 58.3 Å². The van der Waals surface area contributed by atoms with Crippen molar-refractivity contribution in [2.75, 3.05) is 6.26 Å². The summed E-state index contributed by atoms with van der Waals surface area (Å²) in [6, 6.07) is 19.9. The summed E-state index contributed by atoms with van der Waals surface area (Å²) < 4.78 is 13.8. The Morgan fingerprint density at radius 1 is 1.12 bits per heavy atom. The van der Waals surface area contributed by atoms with Crippen LogP contribution in [0.15, 0.2) is 92.7 Å². The number of carbonyl (C=O) groups excluding carboxylic acids is 1. The van der Waals surface area contributed by atoms with Crippen molar-refractivity contribution in [3.8, 4) is 5.75 Å². The number of carbonyl (C=O) groups is 1. The number of thiazole rings is 1. The Morgan fingerprint density at radius 3 is 2.55 bits per heavy atom. The minimum Gasteiger partial charge on any atom is -0.488 e. The molecule has 42 heavy (non-hydrogen) atoms. The fraction of sp³-hybridized carbons (Fsp3) is 0.219. The van der Waals surface area contributed by atoms with Gasteiger partial charge in [0.25, 0.3) is 5.56 Å². The molecule has 1 aliphatic heterocycles. The summed E-state index contributed by atoms with van der Waals surface area (Å²) in [5, 5.41) is 1.06. The summed E-state index contributed by atoms with van der Waals surface area (Å²) in [5.41, 5.74) is 2.94. The molecule has 10 heteroatoms. The summed E-state index contributed by atoms with van der Waals surface area (Å²) >= 11 is 15.3. The van der Waals surface area contributed by atoms with Gasteiger partial charge in [0.05, 0.1) is 27.9 Å². The molecule has 0 N–H and O–H groups in total. The normalized spacial score (nSPS) is 15.0. The highest BCUT2D eigenvalue weighted by Crippen LogP contribution is 2.32. The number of thioether (sulfide) groups is 1. The smallest absolute Gasteiger partial charge is 0.338 e. The maximum Gasteiger partial charge on any atom is 0.338 e. The van der Waals surface area contributed by atoms with Crippen LogP contribution in [0.2, 0.25) is 10.0 Å². The lowest BCUT2D eigenvalue weighted by Crippen LogP contribution is -2.40. The zero-order chi connectivity index (χ0) is 30.0. The predicted octanol–water partition coefficient (Wildman–Crippen LogP) is 6.79. The van der Waals surface area contributed by atoms with Crippen molar-refractivity contribution in [1.82, 2.24) is 4.57 Å². The quantitative estimate of drug-likeness (QED) is 0.157. The van der Waals surface area contributed by atoms with Gasteiger partial charge in [0, 0.05) is 26.1 Å². The summed E-state index contributed by atoms with van der Waals surface area (Å²) in [6.45, 7) is 5.61. The molecule has 216 valence electrons. The van der Waals surface area contributed by atoms with Gasteiger partial charge >= 0.3 is 5.97 Å². The van der Waals surface area contributed by atoms with Crippen LogP contribution in [0.3, 0.4) is 0 Å². The van der Waals surface area contributed by atoms with E-state index in [0.29, 0.717) is 36.4 Å². The molecular weight excluding hydrogens is 611 g/mol. The molecule has 0 radical (unpaired) electrons.